The van der Waals surface area contributed by atoms with E-state index in [1.54, 1.807) is 19.9 Å². The van der Waals surface area contributed by atoms with E-state index in [-0.39, 0.29) is 12.4 Å². The zero-order valence-electron chi connectivity index (χ0n) is 8.05. The molecule has 2 nitrogen and oxygen atoms in total. The summed E-state index contributed by atoms with van der Waals surface area (Å²) in [4.78, 5) is 0. The molecule has 4 heteroatoms. The molecule has 0 saturated heterocycles. The smallest absolute Gasteiger partial charge is 0.136 e. The first-order valence-electron chi connectivity index (χ1n) is 4.19. The van der Waals surface area contributed by atoms with Crippen LogP contribution in [0.1, 0.15) is 13.8 Å². The van der Waals surface area contributed by atoms with E-state index in [4.69, 9.17) is 4.74 Å². The average molecular weight is 263 g/mol. The lowest BCUT2D eigenvalue weighted by Crippen LogP contribution is -2.27. The van der Waals surface area contributed by atoms with Crippen molar-refractivity contribution in [1.29, 1.82) is 0 Å². The molecule has 1 aromatic rings. The van der Waals surface area contributed by atoms with Crippen LogP contribution in [-0.2, 0) is 0 Å². The Morgan fingerprint density at radius 2 is 2.14 bits per heavy atom. The third kappa shape index (κ3) is 3.64. The van der Waals surface area contributed by atoms with Crippen molar-refractivity contribution >= 4 is 15.9 Å². The van der Waals surface area contributed by atoms with Gasteiger partial charge in [0.1, 0.15) is 18.2 Å². The number of hydrogen-bond donors (Lipinski definition) is 1. The van der Waals surface area contributed by atoms with E-state index in [0.717, 1.165) is 0 Å². The molecule has 1 N–H and O–H groups in total. The van der Waals surface area contributed by atoms with Crippen molar-refractivity contribution in [3.8, 4) is 5.75 Å². The predicted molar refractivity (Wildman–Crippen MR) is 55.9 cm³/mol. The average Bonchev–Trinajstić information content (AvgIpc) is 2.05. The van der Waals surface area contributed by atoms with E-state index in [0.29, 0.717) is 10.2 Å². The molecule has 0 heterocycles. The van der Waals surface area contributed by atoms with Crippen molar-refractivity contribution in [1.82, 2.24) is 0 Å². The second-order valence-electron chi connectivity index (χ2n) is 3.68. The van der Waals surface area contributed by atoms with Gasteiger partial charge in [-0.15, -0.1) is 0 Å². The summed E-state index contributed by atoms with van der Waals surface area (Å²) in [6.45, 7) is 3.37. The van der Waals surface area contributed by atoms with E-state index in [1.807, 2.05) is 0 Å². The zero-order valence-corrected chi connectivity index (χ0v) is 9.64. The van der Waals surface area contributed by atoms with Crippen LogP contribution in [-0.4, -0.2) is 17.3 Å². The Morgan fingerprint density at radius 1 is 1.50 bits per heavy atom. The van der Waals surface area contributed by atoms with Crippen molar-refractivity contribution in [3.63, 3.8) is 0 Å². The summed E-state index contributed by atoms with van der Waals surface area (Å²) in [6, 6.07) is 4.17. The summed E-state index contributed by atoms with van der Waals surface area (Å²) < 4.78 is 18.7. The van der Waals surface area contributed by atoms with Gasteiger partial charge in [-0.3, -0.25) is 0 Å². The molecular formula is C10H12BrFO2. The van der Waals surface area contributed by atoms with Crippen molar-refractivity contribution in [2.75, 3.05) is 6.61 Å². The van der Waals surface area contributed by atoms with Crippen LogP contribution in [0.25, 0.3) is 0 Å². The Labute approximate surface area is 90.8 Å². The fourth-order valence-corrected chi connectivity index (χ4v) is 1.20. The third-order valence-electron chi connectivity index (χ3n) is 1.47. The lowest BCUT2D eigenvalue weighted by atomic mass is 10.2. The van der Waals surface area contributed by atoms with Crippen molar-refractivity contribution in [2.45, 2.75) is 19.4 Å². The first-order chi connectivity index (χ1) is 6.38. The van der Waals surface area contributed by atoms with Gasteiger partial charge in [0.05, 0.1) is 10.1 Å². The fraction of sp³-hybridized carbons (Fsp3) is 0.400. The molecule has 0 aliphatic rings. The topological polar surface area (TPSA) is 29.5 Å². The Bertz CT molecular complexity index is 320. The summed E-state index contributed by atoms with van der Waals surface area (Å²) in [5.74, 6) is 0.0334. The molecule has 0 spiro atoms. The number of halogens is 2. The van der Waals surface area contributed by atoms with Gasteiger partial charge in [0, 0.05) is 6.07 Å². The molecule has 0 bridgehead atoms. The van der Waals surface area contributed by atoms with Gasteiger partial charge in [0.2, 0.25) is 0 Å². The van der Waals surface area contributed by atoms with Crippen LogP contribution in [0.5, 0.6) is 5.75 Å². The zero-order chi connectivity index (χ0) is 10.8. The minimum atomic E-state index is -0.925. The van der Waals surface area contributed by atoms with Crippen molar-refractivity contribution in [2.24, 2.45) is 0 Å². The number of rotatable bonds is 3. The molecule has 0 aliphatic heterocycles. The summed E-state index contributed by atoms with van der Waals surface area (Å²) in [6.07, 6.45) is 0. The van der Waals surface area contributed by atoms with Crippen LogP contribution in [0.4, 0.5) is 4.39 Å². The highest BCUT2D eigenvalue weighted by Crippen LogP contribution is 2.26. The Kier molecular flexibility index (Phi) is 3.50. The number of aliphatic hydroxyl groups is 1. The highest BCUT2D eigenvalue weighted by atomic mass is 79.9. The van der Waals surface area contributed by atoms with Crippen LogP contribution in [0.3, 0.4) is 0 Å². The summed E-state index contributed by atoms with van der Waals surface area (Å²) in [5, 5.41) is 9.41. The van der Waals surface area contributed by atoms with E-state index < -0.39 is 5.60 Å². The lowest BCUT2D eigenvalue weighted by molar-refractivity contribution is 0.0281. The van der Waals surface area contributed by atoms with Crippen LogP contribution >= 0.6 is 15.9 Å². The third-order valence-corrected chi connectivity index (χ3v) is 2.13. The first kappa shape index (κ1) is 11.5. The molecule has 0 fully saturated rings. The first-order valence-corrected chi connectivity index (χ1v) is 4.98. The van der Waals surface area contributed by atoms with Gasteiger partial charge in [-0.05, 0) is 41.9 Å². The summed E-state index contributed by atoms with van der Waals surface area (Å²) in [7, 11) is 0. The van der Waals surface area contributed by atoms with Crippen LogP contribution < -0.4 is 4.74 Å². The van der Waals surface area contributed by atoms with Gasteiger partial charge in [-0.1, -0.05) is 0 Å². The van der Waals surface area contributed by atoms with Crippen LogP contribution in [0.2, 0.25) is 0 Å². The van der Waals surface area contributed by atoms with Gasteiger partial charge >= 0.3 is 0 Å². The van der Waals surface area contributed by atoms with E-state index in [9.17, 15) is 9.50 Å². The van der Waals surface area contributed by atoms with Crippen molar-refractivity contribution < 1.29 is 14.2 Å². The maximum atomic E-state index is 12.8. The normalized spacial score (nSPS) is 11.5. The molecule has 1 rings (SSSR count). The molecule has 0 saturated carbocycles. The molecular weight excluding hydrogens is 251 g/mol. The number of hydrogen-bond acceptors (Lipinski definition) is 2. The second-order valence-corrected chi connectivity index (χ2v) is 4.53. The molecule has 0 aromatic heterocycles. The van der Waals surface area contributed by atoms with Gasteiger partial charge < -0.3 is 9.84 Å². The highest BCUT2D eigenvalue weighted by molar-refractivity contribution is 9.10. The van der Waals surface area contributed by atoms with Gasteiger partial charge in [0.25, 0.3) is 0 Å². The predicted octanol–water partition coefficient (Wildman–Crippen LogP) is 2.74. The Morgan fingerprint density at radius 3 is 2.71 bits per heavy atom. The molecule has 14 heavy (non-hydrogen) atoms. The molecule has 0 atom stereocenters. The molecule has 78 valence electrons. The standard InChI is InChI=1S/C10H12BrFO2/c1-10(2,13)6-14-9-5-7(12)3-4-8(9)11/h3-5,13H,6H2,1-2H3. The molecule has 0 unspecified atom stereocenters. The Hall–Kier alpha value is -0.610. The van der Waals surface area contributed by atoms with E-state index >= 15 is 0 Å². The monoisotopic (exact) mass is 262 g/mol. The summed E-state index contributed by atoms with van der Waals surface area (Å²) >= 11 is 3.22. The number of ether oxygens (including phenoxy) is 1. The van der Waals surface area contributed by atoms with Crippen LogP contribution in [0.15, 0.2) is 22.7 Å². The SMILES string of the molecule is CC(C)(O)COc1cc(F)ccc1Br. The second kappa shape index (κ2) is 4.28. The van der Waals surface area contributed by atoms with Crippen LogP contribution in [0, 0.1) is 5.82 Å². The highest BCUT2D eigenvalue weighted by Gasteiger charge is 2.14. The largest absolute Gasteiger partial charge is 0.489 e. The minimum Gasteiger partial charge on any atom is -0.489 e. The lowest BCUT2D eigenvalue weighted by Gasteiger charge is -2.18. The van der Waals surface area contributed by atoms with Gasteiger partial charge in [0.15, 0.2) is 0 Å². The van der Waals surface area contributed by atoms with Gasteiger partial charge in [-0.2, -0.15) is 0 Å². The molecule has 0 aliphatic carbocycles. The molecule has 0 radical (unpaired) electrons. The maximum absolute atomic E-state index is 12.8. The number of benzene rings is 1. The van der Waals surface area contributed by atoms with Crippen molar-refractivity contribution in [3.05, 3.63) is 28.5 Å². The molecule has 0 amide bonds. The minimum absolute atomic E-state index is 0.120. The summed E-state index contributed by atoms with van der Waals surface area (Å²) in [5.41, 5.74) is -0.925. The van der Waals surface area contributed by atoms with Gasteiger partial charge in [-0.25, -0.2) is 4.39 Å². The quantitative estimate of drug-likeness (QED) is 0.908. The Balaban J connectivity index is 2.72. The molecule has 1 aromatic carbocycles. The van der Waals surface area contributed by atoms with E-state index in [2.05, 4.69) is 15.9 Å². The maximum Gasteiger partial charge on any atom is 0.136 e. The van der Waals surface area contributed by atoms with E-state index in [1.165, 1.54) is 12.1 Å². The fourth-order valence-electron chi connectivity index (χ4n) is 0.842.